The number of phosphoric acid groups is 1. The molecule has 0 heterocycles. The van der Waals surface area contributed by atoms with Crippen molar-refractivity contribution in [2.45, 2.75) is 6.92 Å². The zero-order valence-corrected chi connectivity index (χ0v) is 7.27. The highest BCUT2D eigenvalue weighted by molar-refractivity contribution is 7.47. The highest BCUT2D eigenvalue weighted by Crippen LogP contribution is 2.42. The summed E-state index contributed by atoms with van der Waals surface area (Å²) in [6.07, 6.45) is 0. The molecule has 4 nitrogen and oxygen atoms in total. The molecule has 0 radical (unpaired) electrons. The number of alkyl halides is 1. The standard InChI is InChI=1S/C4H10ClO4P/c1-2-8-10(6,7)9-4-3-5/h2-4H2,1H3,(H,6,7). The first-order valence-electron chi connectivity index (χ1n) is 2.80. The zero-order valence-electron chi connectivity index (χ0n) is 5.62. The maximum absolute atomic E-state index is 10.6. The number of hydrogen-bond acceptors (Lipinski definition) is 3. The Morgan fingerprint density at radius 3 is 2.60 bits per heavy atom. The second kappa shape index (κ2) is 5.10. The van der Waals surface area contributed by atoms with Crippen LogP contribution in [0.1, 0.15) is 6.92 Å². The minimum Gasteiger partial charge on any atom is -0.302 e. The summed E-state index contributed by atoms with van der Waals surface area (Å²) < 4.78 is 19.4. The van der Waals surface area contributed by atoms with E-state index in [1.807, 2.05) is 0 Å². The molecule has 0 spiro atoms. The van der Waals surface area contributed by atoms with Gasteiger partial charge in [0.1, 0.15) is 0 Å². The summed E-state index contributed by atoms with van der Waals surface area (Å²) in [5.41, 5.74) is 0. The Kier molecular flexibility index (Phi) is 5.31. The van der Waals surface area contributed by atoms with Gasteiger partial charge in [-0.15, -0.1) is 11.6 Å². The fourth-order valence-electron chi connectivity index (χ4n) is 0.350. The molecule has 10 heavy (non-hydrogen) atoms. The second-order valence-electron chi connectivity index (χ2n) is 1.41. The first-order chi connectivity index (χ1) is 4.62. The molecule has 0 bridgehead atoms. The average Bonchev–Trinajstić information content (AvgIpc) is 1.84. The first kappa shape index (κ1) is 10.4. The van der Waals surface area contributed by atoms with Gasteiger partial charge in [0.2, 0.25) is 0 Å². The molecule has 0 aliphatic heterocycles. The fourth-order valence-corrected chi connectivity index (χ4v) is 1.26. The van der Waals surface area contributed by atoms with Gasteiger partial charge in [-0.2, -0.15) is 0 Å². The lowest BCUT2D eigenvalue weighted by atomic mass is 10.9. The Hall–Kier alpha value is 0.400. The third-order valence-corrected chi connectivity index (χ3v) is 1.87. The van der Waals surface area contributed by atoms with Crippen molar-refractivity contribution < 1.29 is 18.5 Å². The Labute approximate surface area is 64.7 Å². The summed E-state index contributed by atoms with van der Waals surface area (Å²) in [4.78, 5) is 8.70. The fraction of sp³-hybridized carbons (Fsp3) is 1.00. The van der Waals surface area contributed by atoms with Crippen LogP contribution in [0.5, 0.6) is 0 Å². The summed E-state index contributed by atoms with van der Waals surface area (Å²) in [5, 5.41) is 0. The SMILES string of the molecule is CCOP(=O)(O)OCCCl. The molecular weight excluding hydrogens is 178 g/mol. The molecular formula is C4H10ClO4P. The van der Waals surface area contributed by atoms with Crippen molar-refractivity contribution in [1.29, 1.82) is 0 Å². The predicted molar refractivity (Wildman–Crippen MR) is 38.1 cm³/mol. The monoisotopic (exact) mass is 188 g/mol. The maximum atomic E-state index is 10.6. The van der Waals surface area contributed by atoms with Gasteiger partial charge in [0.05, 0.1) is 13.2 Å². The molecule has 0 amide bonds. The largest absolute Gasteiger partial charge is 0.472 e. The minimum atomic E-state index is -3.79. The molecule has 0 aliphatic rings. The molecule has 1 unspecified atom stereocenters. The van der Waals surface area contributed by atoms with E-state index >= 15 is 0 Å². The van der Waals surface area contributed by atoms with E-state index in [1.165, 1.54) is 0 Å². The van der Waals surface area contributed by atoms with Crippen LogP contribution >= 0.6 is 19.4 Å². The van der Waals surface area contributed by atoms with Crippen LogP contribution in [-0.2, 0) is 13.6 Å². The number of hydrogen-bond donors (Lipinski definition) is 1. The van der Waals surface area contributed by atoms with Crippen LogP contribution < -0.4 is 0 Å². The summed E-state index contributed by atoms with van der Waals surface area (Å²) in [7, 11) is -3.79. The third-order valence-electron chi connectivity index (χ3n) is 0.624. The molecule has 1 N–H and O–H groups in total. The predicted octanol–water partition coefficient (Wildman–Crippen LogP) is 1.38. The molecule has 0 aromatic rings. The van der Waals surface area contributed by atoms with Crippen LogP contribution in [0.4, 0.5) is 0 Å². The third kappa shape index (κ3) is 5.21. The van der Waals surface area contributed by atoms with Crippen molar-refractivity contribution in [2.24, 2.45) is 0 Å². The van der Waals surface area contributed by atoms with Crippen molar-refractivity contribution >= 4 is 19.4 Å². The summed E-state index contributed by atoms with van der Waals surface area (Å²) >= 11 is 5.19. The van der Waals surface area contributed by atoms with E-state index in [-0.39, 0.29) is 19.1 Å². The van der Waals surface area contributed by atoms with Gasteiger partial charge in [0.15, 0.2) is 0 Å². The highest BCUT2D eigenvalue weighted by Gasteiger charge is 2.18. The van der Waals surface area contributed by atoms with Gasteiger partial charge < -0.3 is 4.89 Å². The van der Waals surface area contributed by atoms with Gasteiger partial charge in [0, 0.05) is 5.88 Å². The first-order valence-corrected chi connectivity index (χ1v) is 4.83. The van der Waals surface area contributed by atoms with Gasteiger partial charge in [0.25, 0.3) is 0 Å². The van der Waals surface area contributed by atoms with Crippen LogP contribution in [0.3, 0.4) is 0 Å². The molecule has 62 valence electrons. The van der Waals surface area contributed by atoms with Crippen molar-refractivity contribution in [1.82, 2.24) is 0 Å². The summed E-state index contributed by atoms with van der Waals surface area (Å²) in [6.45, 7) is 1.78. The van der Waals surface area contributed by atoms with Crippen molar-refractivity contribution in [3.05, 3.63) is 0 Å². The molecule has 0 aromatic carbocycles. The Morgan fingerprint density at radius 2 is 2.20 bits per heavy atom. The quantitative estimate of drug-likeness (QED) is 0.523. The van der Waals surface area contributed by atoms with Gasteiger partial charge >= 0.3 is 7.82 Å². The van der Waals surface area contributed by atoms with Crippen LogP contribution in [0, 0.1) is 0 Å². The Bertz CT molecular complexity index is 128. The van der Waals surface area contributed by atoms with E-state index in [0.29, 0.717) is 0 Å². The summed E-state index contributed by atoms with van der Waals surface area (Å²) in [6, 6.07) is 0. The van der Waals surface area contributed by atoms with Crippen molar-refractivity contribution in [3.8, 4) is 0 Å². The molecule has 0 fully saturated rings. The normalized spacial score (nSPS) is 16.7. The van der Waals surface area contributed by atoms with Crippen LogP contribution in [0.15, 0.2) is 0 Å². The number of rotatable bonds is 5. The Balaban J connectivity index is 3.53. The lowest BCUT2D eigenvalue weighted by molar-refractivity contribution is 0.162. The van der Waals surface area contributed by atoms with E-state index in [1.54, 1.807) is 6.92 Å². The van der Waals surface area contributed by atoms with E-state index in [9.17, 15) is 4.57 Å². The molecule has 0 saturated carbocycles. The smallest absolute Gasteiger partial charge is 0.302 e. The maximum Gasteiger partial charge on any atom is 0.472 e. The lowest BCUT2D eigenvalue weighted by Gasteiger charge is -2.08. The molecule has 6 heteroatoms. The van der Waals surface area contributed by atoms with Gasteiger partial charge in [-0.1, -0.05) is 0 Å². The van der Waals surface area contributed by atoms with Crippen molar-refractivity contribution in [3.63, 3.8) is 0 Å². The molecule has 0 aromatic heterocycles. The molecule has 0 rings (SSSR count). The lowest BCUT2D eigenvalue weighted by Crippen LogP contribution is -1.96. The average molecular weight is 189 g/mol. The number of halogens is 1. The zero-order chi connectivity index (χ0) is 8.04. The van der Waals surface area contributed by atoms with E-state index in [2.05, 4.69) is 9.05 Å². The van der Waals surface area contributed by atoms with Crippen molar-refractivity contribution in [2.75, 3.05) is 19.1 Å². The Morgan fingerprint density at radius 1 is 1.60 bits per heavy atom. The van der Waals surface area contributed by atoms with Gasteiger partial charge in [-0.05, 0) is 6.92 Å². The highest BCUT2D eigenvalue weighted by atomic mass is 35.5. The van der Waals surface area contributed by atoms with Crippen LogP contribution in [0.2, 0.25) is 0 Å². The molecule has 1 atom stereocenters. The molecule has 0 saturated heterocycles. The molecule has 0 aliphatic carbocycles. The second-order valence-corrected chi connectivity index (χ2v) is 3.24. The van der Waals surface area contributed by atoms with E-state index < -0.39 is 7.82 Å². The number of phosphoric ester groups is 1. The minimum absolute atomic E-state index is 0.0231. The van der Waals surface area contributed by atoms with E-state index in [4.69, 9.17) is 16.5 Å². The van der Waals surface area contributed by atoms with Gasteiger partial charge in [-0.25, -0.2) is 4.57 Å². The van der Waals surface area contributed by atoms with E-state index in [0.717, 1.165) is 0 Å². The summed E-state index contributed by atoms with van der Waals surface area (Å²) in [5.74, 6) is 0.178. The topological polar surface area (TPSA) is 55.8 Å². The van der Waals surface area contributed by atoms with Crippen LogP contribution in [-0.4, -0.2) is 24.0 Å². The van der Waals surface area contributed by atoms with Gasteiger partial charge in [-0.3, -0.25) is 9.05 Å². The van der Waals surface area contributed by atoms with Crippen LogP contribution in [0.25, 0.3) is 0 Å².